The first-order valence-electron chi connectivity index (χ1n) is 32.0. The molecule has 2 aliphatic heterocycles. The van der Waals surface area contributed by atoms with E-state index in [0.717, 1.165) is 0 Å². The van der Waals surface area contributed by atoms with Crippen molar-refractivity contribution in [1.29, 1.82) is 0 Å². The fourth-order valence-corrected chi connectivity index (χ4v) is 11.4. The van der Waals surface area contributed by atoms with E-state index in [1.807, 2.05) is 33.8 Å². The van der Waals surface area contributed by atoms with Crippen LogP contribution in [0.5, 0.6) is 5.75 Å². The van der Waals surface area contributed by atoms with Gasteiger partial charge in [-0.15, -0.1) is 0 Å². The number of carbonyl (C=O) groups excluding carboxylic acids is 11. The molecule has 0 bridgehead atoms. The van der Waals surface area contributed by atoms with Crippen LogP contribution in [0.4, 0.5) is 0 Å². The molecule has 3 aromatic carbocycles. The van der Waals surface area contributed by atoms with E-state index in [-0.39, 0.29) is 68.1 Å². The van der Waals surface area contributed by atoms with Crippen molar-refractivity contribution in [1.82, 2.24) is 36.0 Å². The van der Waals surface area contributed by atoms with Gasteiger partial charge in [-0.25, -0.2) is 4.79 Å². The lowest BCUT2D eigenvalue weighted by atomic mass is 9.91. The van der Waals surface area contributed by atoms with E-state index in [9.17, 15) is 48.3 Å². The van der Waals surface area contributed by atoms with Gasteiger partial charge in [0.2, 0.25) is 35.4 Å². The number of hydrogen-bond donors (Lipinski definition) is 5. The topological polar surface area (TPSA) is 294 Å². The predicted octanol–water partition coefficient (Wildman–Crippen LogP) is 6.17. The van der Waals surface area contributed by atoms with Crippen LogP contribution in [0.25, 0.3) is 0 Å². The summed E-state index contributed by atoms with van der Waals surface area (Å²) in [6, 6.07) is 14.2. The molecule has 3 aromatic rings. The van der Waals surface area contributed by atoms with E-state index in [1.54, 1.807) is 100 Å². The van der Waals surface area contributed by atoms with Crippen molar-refractivity contribution < 1.29 is 72.1 Å². The minimum atomic E-state index is -1.73. The van der Waals surface area contributed by atoms with Gasteiger partial charge >= 0.3 is 11.9 Å². The van der Waals surface area contributed by atoms with Crippen LogP contribution in [0.15, 0.2) is 78.9 Å². The molecule has 22 nitrogen and oxygen atoms in total. The molecule has 5 rings (SSSR count). The summed E-state index contributed by atoms with van der Waals surface area (Å²) in [5, 5.41) is 23.1. The number of esters is 2. The highest BCUT2D eigenvalue weighted by Crippen LogP contribution is 2.27. The number of amides is 7. The number of benzene rings is 3. The molecule has 7 amide bonds. The normalized spacial score (nSPS) is 23.4. The summed E-state index contributed by atoms with van der Waals surface area (Å²) in [7, 11) is 4.39. The molecule has 0 radical (unpaired) electrons. The average Bonchev–Trinajstić information content (AvgIpc) is 1.86. The molecular weight excluding hydrogens is 1170 g/mol. The third-order valence-corrected chi connectivity index (χ3v) is 17.1. The quantitative estimate of drug-likeness (QED) is 0.0326. The number of Topliss-reactive ketones (excluding diaryl/α,β-unsaturated/α-hetero) is 1. The summed E-state index contributed by atoms with van der Waals surface area (Å²) in [6.07, 6.45) is -2.72. The van der Waals surface area contributed by atoms with E-state index < -0.39 is 126 Å². The zero-order chi connectivity index (χ0) is 67.4. The number of nitrogens with zero attached hydrogens (tertiary/aromatic N) is 3. The molecule has 11 atom stereocenters. The number of fused-ring (bicyclic) bond motifs is 1. The van der Waals surface area contributed by atoms with Crippen LogP contribution in [-0.4, -0.2) is 174 Å². The largest absolute Gasteiger partial charge is 0.497 e. The lowest BCUT2D eigenvalue weighted by molar-refractivity contribution is -0.163. The van der Waals surface area contributed by atoms with Crippen molar-refractivity contribution in [3.05, 3.63) is 101 Å². The Morgan fingerprint density at radius 2 is 1.42 bits per heavy atom. The fraction of sp³-hybridized carbons (Fsp3) is 0.580. The van der Waals surface area contributed by atoms with Gasteiger partial charge in [-0.05, 0) is 106 Å². The zero-order valence-electron chi connectivity index (χ0n) is 55.3. The minimum absolute atomic E-state index is 0.0330. The number of nitrogens with one attached hydrogen (secondary N) is 4. The van der Waals surface area contributed by atoms with Gasteiger partial charge in [0.1, 0.15) is 42.1 Å². The smallest absolute Gasteiger partial charge is 0.329 e. The Hall–Kier alpha value is -8.01. The second-order valence-corrected chi connectivity index (χ2v) is 25.5. The van der Waals surface area contributed by atoms with Gasteiger partial charge in [-0.3, -0.25) is 47.9 Å². The molecule has 5 unspecified atom stereocenters. The number of ketones is 2. The maximum atomic E-state index is 15.1. The Morgan fingerprint density at radius 3 is 2.02 bits per heavy atom. The van der Waals surface area contributed by atoms with E-state index in [4.69, 9.17) is 14.2 Å². The lowest BCUT2D eigenvalue weighted by Crippen LogP contribution is -2.61. The molecule has 2 saturated heterocycles. The number of ether oxygens (including phenoxy) is 3. The van der Waals surface area contributed by atoms with Crippen LogP contribution < -0.4 is 26.0 Å². The fourth-order valence-electron chi connectivity index (χ4n) is 11.4. The van der Waals surface area contributed by atoms with Crippen LogP contribution in [0.1, 0.15) is 165 Å². The molecule has 2 aliphatic rings. The summed E-state index contributed by atoms with van der Waals surface area (Å²) < 4.78 is 17.3. The monoisotopic (exact) mass is 1260 g/mol. The second kappa shape index (κ2) is 35.0. The number of hydrogen-bond acceptors (Lipinski definition) is 15. The van der Waals surface area contributed by atoms with Crippen molar-refractivity contribution in [2.24, 2.45) is 29.6 Å². The maximum Gasteiger partial charge on any atom is 0.329 e. The van der Waals surface area contributed by atoms with Crippen LogP contribution in [-0.2, 0) is 59.0 Å². The van der Waals surface area contributed by atoms with Crippen LogP contribution >= 0.6 is 0 Å². The predicted molar refractivity (Wildman–Crippen MR) is 341 cm³/mol. The van der Waals surface area contributed by atoms with Gasteiger partial charge in [0.15, 0.2) is 17.7 Å². The third kappa shape index (κ3) is 20.8. The van der Waals surface area contributed by atoms with Crippen molar-refractivity contribution in [2.75, 3.05) is 34.3 Å². The summed E-state index contributed by atoms with van der Waals surface area (Å²) in [5.74, 6) is -9.72. The summed E-state index contributed by atoms with van der Waals surface area (Å²) in [4.78, 5) is 160. The SMILES string of the molecule is CC[C@H](C)C1NC(=O)C(NC(=O)[C@@H](CC(C)C)N(C)C(=O)CCCCCNC(=O)c2ccc(C(=O)c3ccccc3)cc2)[C@@H](C)OC(=O)C(Cc2ccc(OC)cc2)N(C)C(=O)[C@@H]2CCCN2C(=O)C(CC(C)C)NC(=O)[C@@H](C)C(=O)C(C(C)C)OC(=O)C[C@@H]1O. The Kier molecular flexibility index (Phi) is 28.3. The van der Waals surface area contributed by atoms with Gasteiger partial charge in [0, 0.05) is 56.7 Å². The van der Waals surface area contributed by atoms with Crippen molar-refractivity contribution in [3.63, 3.8) is 0 Å². The number of carbonyl (C=O) groups is 11. The van der Waals surface area contributed by atoms with Crippen molar-refractivity contribution in [2.45, 2.75) is 194 Å². The number of methoxy groups -OCH3 is 1. The van der Waals surface area contributed by atoms with Gasteiger partial charge in [-0.2, -0.15) is 0 Å². The number of aliphatic hydroxyl groups is 1. The van der Waals surface area contributed by atoms with E-state index in [2.05, 4.69) is 21.3 Å². The summed E-state index contributed by atoms with van der Waals surface area (Å²) >= 11 is 0. The molecule has 0 spiro atoms. The summed E-state index contributed by atoms with van der Waals surface area (Å²) in [5.41, 5.74) is 1.95. The molecule has 22 heteroatoms. The maximum absolute atomic E-state index is 15.1. The molecular formula is C69H97N7O15. The highest BCUT2D eigenvalue weighted by atomic mass is 16.6. The number of unbranched alkanes of at least 4 members (excludes halogenated alkanes) is 2. The molecule has 0 saturated carbocycles. The molecule has 498 valence electrons. The van der Waals surface area contributed by atoms with Crippen molar-refractivity contribution >= 4 is 64.9 Å². The first-order chi connectivity index (χ1) is 43.1. The van der Waals surface area contributed by atoms with Crippen molar-refractivity contribution in [3.8, 4) is 5.75 Å². The Morgan fingerprint density at radius 1 is 0.780 bits per heavy atom. The van der Waals surface area contributed by atoms with Crippen LogP contribution in [0, 0.1) is 29.6 Å². The Labute approximate surface area is 536 Å². The number of aliphatic hydroxyl groups excluding tert-OH is 1. The first-order valence-corrected chi connectivity index (χ1v) is 32.0. The molecule has 5 N–H and O–H groups in total. The molecule has 0 aromatic heterocycles. The van der Waals surface area contributed by atoms with Crippen LogP contribution in [0.2, 0.25) is 0 Å². The average molecular weight is 1260 g/mol. The number of cyclic esters (lactones) is 2. The molecule has 2 heterocycles. The van der Waals surface area contributed by atoms with E-state index in [1.165, 1.54) is 49.8 Å². The van der Waals surface area contributed by atoms with Crippen LogP contribution in [0.3, 0.4) is 0 Å². The second-order valence-electron chi connectivity index (χ2n) is 25.5. The molecule has 0 aliphatic carbocycles. The Balaban J connectivity index is 1.45. The van der Waals surface area contributed by atoms with Gasteiger partial charge in [0.05, 0.1) is 31.6 Å². The minimum Gasteiger partial charge on any atom is -0.497 e. The number of likely N-dealkylation sites (N-methyl/N-ethyl adjacent to an activating group) is 2. The zero-order valence-corrected chi connectivity index (χ0v) is 55.3. The van der Waals surface area contributed by atoms with E-state index >= 15 is 9.59 Å². The van der Waals surface area contributed by atoms with Gasteiger partial charge in [0.25, 0.3) is 5.91 Å². The number of rotatable bonds is 22. The first kappa shape index (κ1) is 73.7. The standard InChI is InChI=1S/C69H97N7O15/c1-14-43(8)58-55(77)39-57(79)91-62(42(6)7)60(80)44(9)63(82)71-51(36-40(2)3)67(86)76-35-21-24-52(76)68(87)75(12)54(38-46-26-32-50(89-13)33-27-46)69(88)90-45(10)59(66(85)72-58)73-65(84)53(37-41(4)5)74(11)56(78)25-19-16-20-34-70-64(83)49-30-28-48(29-31-49)61(81)47-22-17-15-18-23-47/h15,17-18,22-23,26-33,40-45,51-55,58-59,62,77H,14,16,19-21,24-25,34-39H2,1-13H3,(H,70,83)(H,71,82)(H,72,85)(H,73,84)/t43-,44-,45+,51?,52-,53+,54?,55-,58?,59?,62?/m0/s1. The highest BCUT2D eigenvalue weighted by molar-refractivity contribution is 6.09. The van der Waals surface area contributed by atoms with Gasteiger partial charge < -0.3 is 55.3 Å². The molecule has 2 fully saturated rings. The summed E-state index contributed by atoms with van der Waals surface area (Å²) in [6.45, 7) is 17.3. The lowest BCUT2D eigenvalue weighted by Gasteiger charge is -2.36. The highest BCUT2D eigenvalue weighted by Gasteiger charge is 2.45. The Bertz CT molecular complexity index is 2990. The van der Waals surface area contributed by atoms with Gasteiger partial charge in [-0.1, -0.05) is 123 Å². The third-order valence-electron chi connectivity index (χ3n) is 17.1. The van der Waals surface area contributed by atoms with E-state index in [0.29, 0.717) is 66.7 Å². The molecule has 91 heavy (non-hydrogen) atoms.